The van der Waals surface area contributed by atoms with E-state index in [-0.39, 0.29) is 34.9 Å². The maximum atomic E-state index is 14.1. The van der Waals surface area contributed by atoms with Crippen molar-refractivity contribution in [1.29, 1.82) is 0 Å². The van der Waals surface area contributed by atoms with Crippen LogP contribution in [0.15, 0.2) is 48.7 Å². The van der Waals surface area contributed by atoms with Gasteiger partial charge in [-0.15, -0.1) is 0 Å². The Morgan fingerprint density at radius 1 is 0.976 bits per heavy atom. The standard InChI is InChI=1S/C29H27F5N4O4/c1-15-25(38-11-5-6-23(26(38)36-15)41-14-17-18(30)9-10-20(32)24(17)34)27(39)37-22(13-35-28(40)42-29(2,3)4)16-7-8-19(31)21(33)12-16/h5-12,22H,13-14H2,1-4H3,(H,35,40)(H,37,39). The largest absolute Gasteiger partial charge is 0.485 e. The molecular weight excluding hydrogens is 563 g/mol. The molecule has 42 heavy (non-hydrogen) atoms. The summed E-state index contributed by atoms with van der Waals surface area (Å²) in [6, 6.07) is 6.42. The lowest BCUT2D eigenvalue weighted by atomic mass is 10.1. The third-order valence-electron chi connectivity index (χ3n) is 6.02. The van der Waals surface area contributed by atoms with Crippen LogP contribution in [0.5, 0.6) is 5.75 Å². The monoisotopic (exact) mass is 590 g/mol. The first kappa shape index (κ1) is 30.3. The summed E-state index contributed by atoms with van der Waals surface area (Å²) < 4.78 is 81.6. The fourth-order valence-corrected chi connectivity index (χ4v) is 4.10. The highest BCUT2D eigenvalue weighted by atomic mass is 19.2. The molecule has 2 aromatic heterocycles. The van der Waals surface area contributed by atoms with Gasteiger partial charge in [-0.2, -0.15) is 0 Å². The van der Waals surface area contributed by atoms with E-state index in [9.17, 15) is 31.5 Å². The highest BCUT2D eigenvalue weighted by molar-refractivity contribution is 5.95. The normalized spacial score (nSPS) is 12.2. The summed E-state index contributed by atoms with van der Waals surface area (Å²) >= 11 is 0. The number of hydrogen-bond donors (Lipinski definition) is 2. The minimum atomic E-state index is -1.38. The van der Waals surface area contributed by atoms with E-state index in [1.54, 1.807) is 20.8 Å². The number of halogens is 5. The second kappa shape index (κ2) is 12.0. The number of fused-ring (bicyclic) bond motifs is 1. The average molecular weight is 591 g/mol. The number of amides is 2. The lowest BCUT2D eigenvalue weighted by Crippen LogP contribution is -2.40. The van der Waals surface area contributed by atoms with Crippen LogP contribution in [-0.4, -0.2) is 33.5 Å². The van der Waals surface area contributed by atoms with Crippen molar-refractivity contribution in [3.8, 4) is 5.75 Å². The molecule has 1 unspecified atom stereocenters. The van der Waals surface area contributed by atoms with E-state index in [1.165, 1.54) is 35.7 Å². The SMILES string of the molecule is Cc1nc2c(OCc3c(F)ccc(F)c3F)cccn2c1C(=O)NC(CNC(=O)OC(C)(C)C)c1ccc(F)c(F)c1. The Hall–Kier alpha value is -4.68. The van der Waals surface area contributed by atoms with Gasteiger partial charge in [0.05, 0.1) is 17.3 Å². The molecule has 0 spiro atoms. The molecule has 2 aromatic carbocycles. The Morgan fingerprint density at radius 3 is 2.36 bits per heavy atom. The summed E-state index contributed by atoms with van der Waals surface area (Å²) in [5, 5.41) is 5.20. The third kappa shape index (κ3) is 6.78. The average Bonchev–Trinajstić information content (AvgIpc) is 3.25. The van der Waals surface area contributed by atoms with E-state index < -0.39 is 64.9 Å². The maximum Gasteiger partial charge on any atom is 0.407 e. The number of nitrogens with zero attached hydrogens (tertiary/aromatic N) is 2. The predicted octanol–water partition coefficient (Wildman–Crippen LogP) is 5.91. The first-order valence-electron chi connectivity index (χ1n) is 12.7. The Bertz CT molecular complexity index is 1650. The van der Waals surface area contributed by atoms with E-state index in [0.717, 1.165) is 18.2 Å². The fraction of sp³-hybridized carbons (Fsp3) is 0.276. The first-order chi connectivity index (χ1) is 19.7. The van der Waals surface area contributed by atoms with Gasteiger partial charge in [-0.25, -0.2) is 31.7 Å². The van der Waals surface area contributed by atoms with Gasteiger partial charge >= 0.3 is 6.09 Å². The van der Waals surface area contributed by atoms with E-state index in [2.05, 4.69) is 15.6 Å². The van der Waals surface area contributed by atoms with Gasteiger partial charge in [-0.3, -0.25) is 9.20 Å². The second-order valence-corrected chi connectivity index (χ2v) is 10.3. The highest BCUT2D eigenvalue weighted by Gasteiger charge is 2.25. The number of carbonyl (C=O) groups excluding carboxylic acids is 2. The molecule has 1 atom stereocenters. The van der Waals surface area contributed by atoms with Gasteiger partial charge in [0.25, 0.3) is 5.91 Å². The van der Waals surface area contributed by atoms with Gasteiger partial charge in [0.15, 0.2) is 34.7 Å². The molecule has 0 aliphatic carbocycles. The Kier molecular flexibility index (Phi) is 8.69. The zero-order valence-electron chi connectivity index (χ0n) is 23.0. The Labute approximate surface area is 237 Å². The lowest BCUT2D eigenvalue weighted by Gasteiger charge is -2.23. The van der Waals surface area contributed by atoms with Crippen molar-refractivity contribution in [3.63, 3.8) is 0 Å². The Morgan fingerprint density at radius 2 is 1.67 bits per heavy atom. The molecular formula is C29H27F5N4O4. The van der Waals surface area contributed by atoms with Gasteiger partial charge in [-0.05, 0) is 69.7 Å². The van der Waals surface area contributed by atoms with Gasteiger partial charge in [0.2, 0.25) is 0 Å². The molecule has 2 N–H and O–H groups in total. The lowest BCUT2D eigenvalue weighted by molar-refractivity contribution is 0.0519. The molecule has 0 bridgehead atoms. The molecule has 0 aliphatic rings. The minimum absolute atomic E-state index is 0.0309. The molecule has 8 nitrogen and oxygen atoms in total. The summed E-state index contributed by atoms with van der Waals surface area (Å²) in [6.45, 7) is 5.63. The number of rotatable bonds is 8. The number of carbonyl (C=O) groups is 2. The van der Waals surface area contributed by atoms with E-state index >= 15 is 0 Å². The number of nitrogens with one attached hydrogen (secondary N) is 2. The topological polar surface area (TPSA) is 94.0 Å². The molecule has 0 radical (unpaired) electrons. The van der Waals surface area contributed by atoms with E-state index in [0.29, 0.717) is 6.07 Å². The van der Waals surface area contributed by atoms with Gasteiger partial charge in [0.1, 0.15) is 23.7 Å². The molecule has 13 heteroatoms. The van der Waals surface area contributed by atoms with Crippen LogP contribution < -0.4 is 15.4 Å². The van der Waals surface area contributed by atoms with Crippen LogP contribution in [0, 0.1) is 36.0 Å². The van der Waals surface area contributed by atoms with Crippen LogP contribution in [0.3, 0.4) is 0 Å². The molecule has 0 saturated carbocycles. The molecule has 0 aliphatic heterocycles. The number of pyridine rings is 1. The number of benzene rings is 2. The molecule has 0 saturated heterocycles. The van der Waals surface area contributed by atoms with Crippen LogP contribution in [0.4, 0.5) is 26.7 Å². The molecule has 2 heterocycles. The van der Waals surface area contributed by atoms with Crippen LogP contribution in [-0.2, 0) is 11.3 Å². The molecule has 2 amide bonds. The summed E-state index contributed by atoms with van der Waals surface area (Å²) in [5.74, 6) is -6.50. The molecule has 222 valence electrons. The van der Waals surface area contributed by atoms with Crippen molar-refractivity contribution in [2.45, 2.75) is 45.9 Å². The third-order valence-corrected chi connectivity index (χ3v) is 6.02. The van der Waals surface area contributed by atoms with Crippen molar-refractivity contribution in [1.82, 2.24) is 20.0 Å². The summed E-state index contributed by atoms with van der Waals surface area (Å²) in [5.41, 5.74) is -0.879. The number of hydrogen-bond acceptors (Lipinski definition) is 5. The van der Waals surface area contributed by atoms with Crippen LogP contribution in [0.25, 0.3) is 5.65 Å². The number of imidazole rings is 1. The summed E-state index contributed by atoms with van der Waals surface area (Å²) in [4.78, 5) is 30.1. The summed E-state index contributed by atoms with van der Waals surface area (Å²) in [7, 11) is 0. The van der Waals surface area contributed by atoms with Crippen molar-refractivity contribution in [3.05, 3.63) is 100 Å². The number of aryl methyl sites for hydroxylation is 1. The van der Waals surface area contributed by atoms with Crippen molar-refractivity contribution in [2.75, 3.05) is 6.54 Å². The molecule has 4 aromatic rings. The molecule has 0 fully saturated rings. The van der Waals surface area contributed by atoms with E-state index in [1.807, 2.05) is 0 Å². The maximum absolute atomic E-state index is 14.1. The van der Waals surface area contributed by atoms with Gasteiger partial charge in [-0.1, -0.05) is 6.07 Å². The van der Waals surface area contributed by atoms with E-state index in [4.69, 9.17) is 9.47 Å². The van der Waals surface area contributed by atoms with Gasteiger partial charge in [0, 0.05) is 12.7 Å². The van der Waals surface area contributed by atoms with Crippen LogP contribution in [0.1, 0.15) is 54.1 Å². The van der Waals surface area contributed by atoms with Crippen LogP contribution in [0.2, 0.25) is 0 Å². The van der Waals surface area contributed by atoms with Gasteiger partial charge < -0.3 is 20.1 Å². The number of alkyl carbamates (subject to hydrolysis) is 1. The fourth-order valence-electron chi connectivity index (χ4n) is 4.10. The van der Waals surface area contributed by atoms with Crippen LogP contribution >= 0.6 is 0 Å². The number of ether oxygens (including phenoxy) is 2. The summed E-state index contributed by atoms with van der Waals surface area (Å²) in [6.07, 6.45) is 0.703. The number of aromatic nitrogens is 2. The first-order valence-corrected chi connectivity index (χ1v) is 12.7. The zero-order chi connectivity index (χ0) is 30.8. The van der Waals surface area contributed by atoms with Crippen molar-refractivity contribution >= 4 is 17.6 Å². The smallest absolute Gasteiger partial charge is 0.407 e. The quantitative estimate of drug-likeness (QED) is 0.197. The Balaban J connectivity index is 1.61. The highest BCUT2D eigenvalue weighted by Crippen LogP contribution is 2.26. The van der Waals surface area contributed by atoms with Crippen molar-refractivity contribution < 1.29 is 41.0 Å². The molecule has 4 rings (SSSR count). The minimum Gasteiger partial charge on any atom is -0.485 e. The van der Waals surface area contributed by atoms with Crippen molar-refractivity contribution in [2.24, 2.45) is 0 Å². The second-order valence-electron chi connectivity index (χ2n) is 10.3. The predicted molar refractivity (Wildman–Crippen MR) is 141 cm³/mol. The zero-order valence-corrected chi connectivity index (χ0v) is 23.0.